The Morgan fingerprint density at radius 2 is 1.90 bits per heavy atom. The topological polar surface area (TPSA) is 84.3 Å². The molecule has 0 aliphatic carbocycles. The molecule has 0 N–H and O–H groups in total. The molecule has 0 aliphatic heterocycles. The molecule has 0 saturated heterocycles. The number of hydrogen-bond acceptors (Lipinski definition) is 5. The normalized spacial score (nSPS) is 10.6. The van der Waals surface area contributed by atoms with E-state index in [9.17, 15) is 0 Å². The van der Waals surface area contributed by atoms with Crippen molar-refractivity contribution in [3.05, 3.63) is 23.9 Å². The zero-order valence-electron chi connectivity index (χ0n) is 11.6. The lowest BCUT2D eigenvalue weighted by molar-refractivity contribution is 0.480. The summed E-state index contributed by atoms with van der Waals surface area (Å²) < 4.78 is -0.240. The van der Waals surface area contributed by atoms with Crippen molar-refractivity contribution in [2.75, 3.05) is 0 Å². The van der Waals surface area contributed by atoms with Crippen LogP contribution in [0.2, 0.25) is 0 Å². The van der Waals surface area contributed by atoms with Crippen LogP contribution in [0.25, 0.3) is 0 Å². The molecule has 0 bridgehead atoms. The number of nitriles is 3. The van der Waals surface area contributed by atoms with E-state index >= 15 is 0 Å². The molecule has 5 heteroatoms. The van der Waals surface area contributed by atoms with Crippen molar-refractivity contribution in [1.82, 2.24) is 4.98 Å². The minimum atomic E-state index is -0.628. The number of rotatable bonds is 6. The van der Waals surface area contributed by atoms with E-state index in [-0.39, 0.29) is 4.75 Å². The van der Waals surface area contributed by atoms with E-state index < -0.39 is 5.92 Å². The van der Waals surface area contributed by atoms with Gasteiger partial charge < -0.3 is 0 Å². The maximum atomic E-state index is 9.13. The summed E-state index contributed by atoms with van der Waals surface area (Å²) in [6.07, 6.45) is 3.77. The zero-order valence-corrected chi connectivity index (χ0v) is 12.4. The lowest BCUT2D eigenvalue weighted by atomic mass is 9.91. The van der Waals surface area contributed by atoms with Crippen LogP contribution in [0.1, 0.15) is 38.7 Å². The average Bonchev–Trinajstić information content (AvgIpc) is 2.52. The number of hydrogen-bond donors (Lipinski definition) is 0. The highest BCUT2D eigenvalue weighted by molar-refractivity contribution is 8.00. The summed E-state index contributed by atoms with van der Waals surface area (Å²) in [6, 6.07) is 9.66. The van der Waals surface area contributed by atoms with Crippen LogP contribution in [0.3, 0.4) is 0 Å². The Morgan fingerprint density at radius 3 is 2.40 bits per heavy atom. The van der Waals surface area contributed by atoms with Gasteiger partial charge in [-0.3, -0.25) is 0 Å². The van der Waals surface area contributed by atoms with Crippen molar-refractivity contribution < 1.29 is 0 Å². The van der Waals surface area contributed by atoms with Crippen LogP contribution < -0.4 is 0 Å². The molecule has 0 fully saturated rings. The van der Waals surface area contributed by atoms with Crippen molar-refractivity contribution in [3.8, 4) is 18.2 Å². The number of thioether (sulfide) groups is 1. The van der Waals surface area contributed by atoms with Crippen LogP contribution in [0.4, 0.5) is 0 Å². The van der Waals surface area contributed by atoms with Gasteiger partial charge >= 0.3 is 0 Å². The molecule has 0 atom stereocenters. The van der Waals surface area contributed by atoms with Gasteiger partial charge in [0.1, 0.15) is 17.0 Å². The maximum Gasteiger partial charge on any atom is 0.134 e. The molecule has 1 aromatic heterocycles. The fraction of sp³-hybridized carbons (Fsp3) is 0.467. The molecule has 0 radical (unpaired) electrons. The second kappa shape index (κ2) is 7.53. The minimum Gasteiger partial charge on any atom is -0.249 e. The fourth-order valence-corrected chi connectivity index (χ4v) is 3.27. The molecule has 0 amide bonds. The van der Waals surface area contributed by atoms with E-state index in [0.29, 0.717) is 17.0 Å². The average molecular weight is 284 g/mol. The number of aromatic nitrogens is 1. The van der Waals surface area contributed by atoms with Gasteiger partial charge in [0.05, 0.1) is 17.7 Å². The Bertz CT molecular complexity index is 559. The Balaban J connectivity index is 3.07. The Labute approximate surface area is 124 Å². The van der Waals surface area contributed by atoms with E-state index in [1.165, 1.54) is 11.8 Å². The molecule has 1 aromatic rings. The second-order valence-corrected chi connectivity index (χ2v) is 5.93. The first-order valence-corrected chi connectivity index (χ1v) is 7.29. The minimum absolute atomic E-state index is 0.240. The van der Waals surface area contributed by atoms with Crippen molar-refractivity contribution in [1.29, 1.82) is 15.8 Å². The van der Waals surface area contributed by atoms with Crippen LogP contribution in [-0.4, -0.2) is 9.73 Å². The standard InChI is InChI=1S/C15H16N4S/c1-3-15(4-2,8-12(9-16)10-17)20-14-13(11-18)6-5-7-19-14/h5-7,12H,3-4,8H2,1-2H3. The van der Waals surface area contributed by atoms with Gasteiger partial charge in [-0.2, -0.15) is 15.8 Å². The molecular formula is C15H16N4S. The molecule has 0 aromatic carbocycles. The zero-order chi connectivity index (χ0) is 15.0. The van der Waals surface area contributed by atoms with Gasteiger partial charge in [-0.1, -0.05) is 25.6 Å². The van der Waals surface area contributed by atoms with Crippen LogP contribution in [0.5, 0.6) is 0 Å². The monoisotopic (exact) mass is 284 g/mol. The van der Waals surface area contributed by atoms with Gasteiger partial charge in [0.2, 0.25) is 0 Å². The van der Waals surface area contributed by atoms with Gasteiger partial charge in [0.25, 0.3) is 0 Å². The van der Waals surface area contributed by atoms with E-state index in [1.54, 1.807) is 18.3 Å². The van der Waals surface area contributed by atoms with Crippen LogP contribution >= 0.6 is 11.8 Å². The maximum absolute atomic E-state index is 9.13. The molecule has 0 aliphatic rings. The van der Waals surface area contributed by atoms with E-state index in [4.69, 9.17) is 15.8 Å². The van der Waals surface area contributed by atoms with E-state index in [0.717, 1.165) is 12.8 Å². The van der Waals surface area contributed by atoms with Gasteiger partial charge in [0, 0.05) is 10.9 Å². The molecule has 4 nitrogen and oxygen atoms in total. The Hall–Kier alpha value is -2.03. The van der Waals surface area contributed by atoms with Gasteiger partial charge in [-0.05, 0) is 31.4 Å². The summed E-state index contributed by atoms with van der Waals surface area (Å²) in [5, 5.41) is 27.8. The summed E-state index contributed by atoms with van der Waals surface area (Å²) in [6.45, 7) is 4.08. The van der Waals surface area contributed by atoms with Crippen LogP contribution in [0, 0.1) is 39.9 Å². The lowest BCUT2D eigenvalue weighted by Crippen LogP contribution is -2.26. The Morgan fingerprint density at radius 1 is 1.25 bits per heavy atom. The third-order valence-corrected chi connectivity index (χ3v) is 5.08. The lowest BCUT2D eigenvalue weighted by Gasteiger charge is -2.31. The van der Waals surface area contributed by atoms with Gasteiger partial charge in [-0.25, -0.2) is 4.98 Å². The quantitative estimate of drug-likeness (QED) is 0.744. The molecule has 1 heterocycles. The highest BCUT2D eigenvalue weighted by Gasteiger charge is 2.32. The SMILES string of the molecule is CCC(CC)(CC(C#N)C#N)Sc1ncccc1C#N. The highest BCUT2D eigenvalue weighted by atomic mass is 32.2. The molecule has 0 saturated carbocycles. The first kappa shape index (κ1) is 16.0. The predicted molar refractivity (Wildman–Crippen MR) is 77.5 cm³/mol. The second-order valence-electron chi connectivity index (χ2n) is 4.48. The highest BCUT2D eigenvalue weighted by Crippen LogP contribution is 2.43. The third kappa shape index (κ3) is 3.73. The van der Waals surface area contributed by atoms with E-state index in [1.807, 2.05) is 26.0 Å². The summed E-state index contributed by atoms with van der Waals surface area (Å²) >= 11 is 1.51. The molecule has 102 valence electrons. The summed E-state index contributed by atoms with van der Waals surface area (Å²) in [4.78, 5) is 4.26. The predicted octanol–water partition coefficient (Wildman–Crippen LogP) is 3.66. The molecule has 0 unspecified atom stereocenters. The number of nitrogens with zero attached hydrogens (tertiary/aromatic N) is 4. The van der Waals surface area contributed by atoms with Crippen molar-refractivity contribution in [2.24, 2.45) is 5.92 Å². The number of pyridine rings is 1. The van der Waals surface area contributed by atoms with Crippen LogP contribution in [-0.2, 0) is 0 Å². The summed E-state index contributed by atoms with van der Waals surface area (Å²) in [5.41, 5.74) is 0.536. The van der Waals surface area contributed by atoms with Gasteiger partial charge in [0.15, 0.2) is 0 Å². The van der Waals surface area contributed by atoms with Crippen LogP contribution in [0.15, 0.2) is 23.4 Å². The first-order valence-electron chi connectivity index (χ1n) is 6.48. The van der Waals surface area contributed by atoms with E-state index in [2.05, 4.69) is 11.1 Å². The molecule has 1 rings (SSSR count). The summed E-state index contributed by atoms with van der Waals surface area (Å²) in [5.74, 6) is -0.628. The van der Waals surface area contributed by atoms with Crippen molar-refractivity contribution in [3.63, 3.8) is 0 Å². The molecule has 20 heavy (non-hydrogen) atoms. The fourth-order valence-electron chi connectivity index (χ4n) is 1.98. The smallest absolute Gasteiger partial charge is 0.134 e. The third-order valence-electron chi connectivity index (χ3n) is 3.38. The van der Waals surface area contributed by atoms with Gasteiger partial charge in [-0.15, -0.1) is 0 Å². The summed E-state index contributed by atoms with van der Waals surface area (Å²) in [7, 11) is 0. The molecule has 0 spiro atoms. The van der Waals surface area contributed by atoms with Crippen molar-refractivity contribution >= 4 is 11.8 Å². The van der Waals surface area contributed by atoms with Crippen molar-refractivity contribution in [2.45, 2.75) is 42.9 Å². The largest absolute Gasteiger partial charge is 0.249 e. The molecular weight excluding hydrogens is 268 g/mol. The Kier molecular flexibility index (Phi) is 6.04. The first-order chi connectivity index (χ1) is 9.64.